The third kappa shape index (κ3) is 5.72. The van der Waals surface area contributed by atoms with Crippen molar-refractivity contribution in [2.45, 2.75) is 25.8 Å². The average molecular weight is 472 g/mol. The number of pyridine rings is 1. The lowest BCUT2D eigenvalue weighted by Gasteiger charge is -2.37. The van der Waals surface area contributed by atoms with Crippen LogP contribution in [0.2, 0.25) is 0 Å². The van der Waals surface area contributed by atoms with Gasteiger partial charge in [0.25, 0.3) is 0 Å². The average Bonchev–Trinajstić information content (AvgIpc) is 3.42. The monoisotopic (exact) mass is 472 g/mol. The fourth-order valence-corrected chi connectivity index (χ4v) is 2.77. The molecule has 2 heterocycles. The van der Waals surface area contributed by atoms with Crippen LogP contribution in [0.25, 0.3) is 0 Å². The third-order valence-corrected chi connectivity index (χ3v) is 4.58. The van der Waals surface area contributed by atoms with E-state index in [0.717, 1.165) is 38.0 Å². The highest BCUT2D eigenvalue weighted by Crippen LogP contribution is 2.20. The molecule has 1 amide bonds. The molecule has 1 aliphatic heterocycles. The zero-order chi connectivity index (χ0) is 17.8. The van der Waals surface area contributed by atoms with Crippen LogP contribution in [0.1, 0.15) is 18.4 Å². The van der Waals surface area contributed by atoms with E-state index in [1.807, 2.05) is 12.3 Å². The zero-order valence-corrected chi connectivity index (χ0v) is 18.1. The van der Waals surface area contributed by atoms with Gasteiger partial charge in [-0.1, -0.05) is 0 Å². The summed E-state index contributed by atoms with van der Waals surface area (Å²) < 4.78 is 0. The molecule has 1 saturated heterocycles. The Balaban J connectivity index is 0.00000243. The molecule has 144 valence electrons. The van der Waals surface area contributed by atoms with Crippen molar-refractivity contribution < 1.29 is 4.79 Å². The second kappa shape index (κ2) is 9.38. The predicted molar refractivity (Wildman–Crippen MR) is 115 cm³/mol. The number of hydrogen-bond donors (Lipinski definition) is 1. The molecule has 0 bridgehead atoms. The number of likely N-dealkylation sites (N-methyl/N-ethyl adjacent to an activating group) is 1. The summed E-state index contributed by atoms with van der Waals surface area (Å²) in [4.78, 5) is 27.1. The van der Waals surface area contributed by atoms with Crippen LogP contribution >= 0.6 is 24.0 Å². The van der Waals surface area contributed by atoms with Crippen molar-refractivity contribution in [1.82, 2.24) is 20.1 Å². The number of rotatable bonds is 4. The highest BCUT2D eigenvalue weighted by atomic mass is 127. The first-order valence-electron chi connectivity index (χ1n) is 8.96. The maximum atomic E-state index is 11.9. The molecule has 1 N–H and O–H groups in total. The van der Waals surface area contributed by atoms with Crippen molar-refractivity contribution in [3.8, 4) is 0 Å². The first-order valence-corrected chi connectivity index (χ1v) is 8.96. The van der Waals surface area contributed by atoms with Crippen molar-refractivity contribution in [3.05, 3.63) is 23.9 Å². The minimum absolute atomic E-state index is 0. The minimum Gasteiger partial charge on any atom is -0.353 e. The third-order valence-electron chi connectivity index (χ3n) is 4.58. The summed E-state index contributed by atoms with van der Waals surface area (Å²) in [6.45, 7) is 5.86. The summed E-state index contributed by atoms with van der Waals surface area (Å²) in [5, 5.41) is 3.49. The first kappa shape index (κ1) is 20.7. The van der Waals surface area contributed by atoms with E-state index in [1.165, 1.54) is 18.4 Å². The molecule has 0 unspecified atom stereocenters. The number of hydrogen-bond acceptors (Lipinski definition) is 4. The molecule has 0 atom stereocenters. The van der Waals surface area contributed by atoms with Crippen molar-refractivity contribution in [2.24, 2.45) is 4.99 Å². The molecule has 1 aromatic rings. The highest BCUT2D eigenvalue weighted by Gasteiger charge is 2.27. The zero-order valence-electron chi connectivity index (χ0n) is 15.8. The van der Waals surface area contributed by atoms with Gasteiger partial charge < -0.3 is 20.0 Å². The number of carbonyl (C=O) groups excluding carboxylic acids is 1. The van der Waals surface area contributed by atoms with E-state index in [-0.39, 0.29) is 36.4 Å². The number of piperazine rings is 1. The Hall–Kier alpha value is -1.58. The number of aliphatic imine (C=N–C) groups is 1. The van der Waals surface area contributed by atoms with Crippen LogP contribution in [0.3, 0.4) is 0 Å². The molecular formula is C18H29IN6O. The van der Waals surface area contributed by atoms with E-state index in [2.05, 4.69) is 38.1 Å². The largest absolute Gasteiger partial charge is 0.353 e. The molecule has 7 nitrogen and oxygen atoms in total. The molecule has 26 heavy (non-hydrogen) atoms. The van der Waals surface area contributed by atoms with Gasteiger partial charge in [0.2, 0.25) is 5.91 Å². The Morgan fingerprint density at radius 2 is 2.00 bits per heavy atom. The molecule has 3 rings (SSSR count). The Kier molecular flexibility index (Phi) is 7.48. The smallest absolute Gasteiger partial charge is 0.243 e. The van der Waals surface area contributed by atoms with E-state index in [9.17, 15) is 4.79 Å². The van der Waals surface area contributed by atoms with E-state index in [4.69, 9.17) is 0 Å². The number of anilines is 1. The fourth-order valence-electron chi connectivity index (χ4n) is 2.77. The Morgan fingerprint density at radius 3 is 2.58 bits per heavy atom. The van der Waals surface area contributed by atoms with E-state index >= 15 is 0 Å². The van der Waals surface area contributed by atoms with Crippen molar-refractivity contribution in [2.75, 3.05) is 51.7 Å². The Morgan fingerprint density at radius 1 is 1.31 bits per heavy atom. The van der Waals surface area contributed by atoms with E-state index in [0.29, 0.717) is 6.04 Å². The van der Waals surface area contributed by atoms with Crippen molar-refractivity contribution in [1.29, 1.82) is 0 Å². The maximum absolute atomic E-state index is 11.9. The van der Waals surface area contributed by atoms with Gasteiger partial charge in [-0.15, -0.1) is 24.0 Å². The molecule has 1 aliphatic carbocycles. The lowest BCUT2D eigenvalue weighted by molar-refractivity contribution is -0.127. The summed E-state index contributed by atoms with van der Waals surface area (Å²) in [6, 6.07) is 4.67. The van der Waals surface area contributed by atoms with Gasteiger partial charge in [0.1, 0.15) is 12.4 Å². The highest BCUT2D eigenvalue weighted by molar-refractivity contribution is 14.0. The Labute approximate surface area is 172 Å². The predicted octanol–water partition coefficient (Wildman–Crippen LogP) is 1.33. The second-order valence-corrected chi connectivity index (χ2v) is 7.01. The number of aromatic nitrogens is 1. The fraction of sp³-hybridized carbons (Fsp3) is 0.611. The first-order chi connectivity index (χ1) is 12.0. The number of aryl methyl sites for hydroxylation is 1. The van der Waals surface area contributed by atoms with Crippen LogP contribution in [0.4, 0.5) is 5.82 Å². The van der Waals surface area contributed by atoms with Gasteiger partial charge in [0.05, 0.1) is 0 Å². The van der Waals surface area contributed by atoms with Gasteiger partial charge in [-0.2, -0.15) is 0 Å². The molecular weight excluding hydrogens is 443 g/mol. The minimum atomic E-state index is 0. The quantitative estimate of drug-likeness (QED) is 0.407. The molecule has 0 aromatic carbocycles. The van der Waals surface area contributed by atoms with Crippen LogP contribution in [-0.2, 0) is 4.79 Å². The molecule has 2 fully saturated rings. The topological polar surface area (TPSA) is 64.1 Å². The molecule has 2 aliphatic rings. The van der Waals surface area contributed by atoms with Crippen molar-refractivity contribution >= 4 is 41.7 Å². The molecule has 8 heteroatoms. The number of nitrogens with zero attached hydrogens (tertiary/aromatic N) is 5. The van der Waals surface area contributed by atoms with E-state index in [1.54, 1.807) is 19.0 Å². The van der Waals surface area contributed by atoms with E-state index < -0.39 is 0 Å². The number of nitrogens with one attached hydrogen (secondary N) is 1. The SMILES string of the molecule is Cc1ccnc(N2CCN(C(=NCC(=O)N(C)C)NC3CC3)CC2)c1.I. The van der Waals surface area contributed by atoms with Gasteiger partial charge in [0.15, 0.2) is 5.96 Å². The van der Waals surface area contributed by atoms with Crippen LogP contribution in [-0.4, -0.2) is 79.5 Å². The van der Waals surface area contributed by atoms with Gasteiger partial charge >= 0.3 is 0 Å². The molecule has 1 saturated carbocycles. The van der Waals surface area contributed by atoms with Gasteiger partial charge in [-0.3, -0.25) is 4.79 Å². The van der Waals surface area contributed by atoms with Gasteiger partial charge in [-0.25, -0.2) is 9.98 Å². The van der Waals surface area contributed by atoms with Crippen LogP contribution < -0.4 is 10.2 Å². The van der Waals surface area contributed by atoms with Gasteiger partial charge in [0, 0.05) is 52.5 Å². The number of guanidine groups is 1. The van der Waals surface area contributed by atoms with Crippen LogP contribution in [0.5, 0.6) is 0 Å². The van der Waals surface area contributed by atoms with Crippen LogP contribution in [0.15, 0.2) is 23.3 Å². The number of amides is 1. The Bertz CT molecular complexity index is 638. The number of carbonyl (C=O) groups is 1. The summed E-state index contributed by atoms with van der Waals surface area (Å²) in [5.74, 6) is 1.93. The van der Waals surface area contributed by atoms with Gasteiger partial charge in [-0.05, 0) is 37.5 Å². The van der Waals surface area contributed by atoms with Crippen molar-refractivity contribution in [3.63, 3.8) is 0 Å². The lowest BCUT2D eigenvalue weighted by Crippen LogP contribution is -2.53. The summed E-state index contributed by atoms with van der Waals surface area (Å²) >= 11 is 0. The molecule has 1 aromatic heterocycles. The maximum Gasteiger partial charge on any atom is 0.243 e. The normalized spacial score (nSPS) is 17.6. The molecule has 0 radical (unpaired) electrons. The number of halogens is 1. The second-order valence-electron chi connectivity index (χ2n) is 7.01. The van der Waals surface area contributed by atoms with Crippen LogP contribution in [0, 0.1) is 6.92 Å². The molecule has 0 spiro atoms. The summed E-state index contributed by atoms with van der Waals surface area (Å²) in [5.41, 5.74) is 1.23. The summed E-state index contributed by atoms with van der Waals surface area (Å²) in [7, 11) is 3.53. The standard InChI is InChI=1S/C18H28N6O.HI/c1-14-6-7-19-16(12-14)23-8-10-24(11-9-23)18(21-15-4-5-15)20-13-17(25)22(2)3;/h6-7,12,15H,4-5,8-11,13H2,1-3H3,(H,20,21);1H. The lowest BCUT2D eigenvalue weighted by atomic mass is 10.2. The summed E-state index contributed by atoms with van der Waals surface area (Å²) in [6.07, 6.45) is 4.24.